The molecule has 4 rings (SSSR count). The number of aromatic nitrogens is 4. The van der Waals surface area contributed by atoms with Gasteiger partial charge in [0.15, 0.2) is 17.2 Å². The van der Waals surface area contributed by atoms with E-state index in [0.717, 1.165) is 25.7 Å². The van der Waals surface area contributed by atoms with Crippen molar-refractivity contribution in [1.29, 1.82) is 5.26 Å². The maximum atomic E-state index is 10.3. The molecule has 0 radical (unpaired) electrons. The molecule has 1 aliphatic rings. The summed E-state index contributed by atoms with van der Waals surface area (Å²) in [4.78, 5) is 13.7. The second-order valence-corrected chi connectivity index (χ2v) is 8.68. The van der Waals surface area contributed by atoms with Crippen LogP contribution in [0.4, 0.5) is 5.82 Å². The van der Waals surface area contributed by atoms with Gasteiger partial charge in [0.1, 0.15) is 30.3 Å². The summed E-state index contributed by atoms with van der Waals surface area (Å²) in [6.07, 6.45) is 6.30. The lowest BCUT2D eigenvalue weighted by atomic mass is 9.84. The lowest BCUT2D eigenvalue weighted by Crippen LogP contribution is -2.36. The Balaban J connectivity index is 1.58. The molecular formula is C24H30N6O4. The van der Waals surface area contributed by atoms with Gasteiger partial charge in [-0.2, -0.15) is 5.26 Å². The molecule has 10 nitrogen and oxygen atoms in total. The highest BCUT2D eigenvalue weighted by Gasteiger charge is 2.29. The average molecular weight is 467 g/mol. The molecule has 3 aromatic rings. The minimum Gasteiger partial charge on any atom is -0.487 e. The topological polar surface area (TPSA) is 127 Å². The standard InChI is InChI=1S/C24H30N6O4/c1-24(31)7-5-18(6-8-24)28-22-20(34-12-11-33-10-9-32-2)13-19-23(29-22)30(16-27-19)21-4-3-17(14-25)15-26-21/h3-4,13,15-16,18,31H,5-12H2,1-2H3,(H,28,29)/t18-,24+. The summed E-state index contributed by atoms with van der Waals surface area (Å²) in [6, 6.07) is 7.59. The zero-order valence-corrected chi connectivity index (χ0v) is 19.5. The predicted octanol–water partition coefficient (Wildman–Crippen LogP) is 2.83. The lowest BCUT2D eigenvalue weighted by Gasteiger charge is -2.33. The molecular weight excluding hydrogens is 436 g/mol. The van der Waals surface area contributed by atoms with E-state index in [9.17, 15) is 5.11 Å². The number of nitrogens with one attached hydrogen (secondary N) is 1. The van der Waals surface area contributed by atoms with Crippen LogP contribution in [0.15, 0.2) is 30.7 Å². The van der Waals surface area contributed by atoms with Gasteiger partial charge in [-0.15, -0.1) is 0 Å². The van der Waals surface area contributed by atoms with Crippen LogP contribution < -0.4 is 10.1 Å². The van der Waals surface area contributed by atoms with E-state index in [1.807, 2.05) is 13.0 Å². The number of aliphatic hydroxyl groups is 1. The normalized spacial score (nSPS) is 20.2. The molecule has 10 heteroatoms. The molecule has 34 heavy (non-hydrogen) atoms. The van der Waals surface area contributed by atoms with Crippen LogP contribution in [0.25, 0.3) is 17.0 Å². The fraction of sp³-hybridized carbons (Fsp3) is 0.500. The van der Waals surface area contributed by atoms with E-state index in [-0.39, 0.29) is 6.04 Å². The number of fused-ring (bicyclic) bond motifs is 1. The SMILES string of the molecule is COCCOCCOc1cc2ncn(-c3ccc(C#N)cn3)c2nc1N[C@H]1CC[C@@](C)(O)CC1. The van der Waals surface area contributed by atoms with Crippen LogP contribution >= 0.6 is 0 Å². The van der Waals surface area contributed by atoms with Crippen LogP contribution in [0.2, 0.25) is 0 Å². The average Bonchev–Trinajstić information content (AvgIpc) is 3.25. The number of pyridine rings is 2. The molecule has 1 saturated carbocycles. The van der Waals surface area contributed by atoms with Crippen molar-refractivity contribution in [1.82, 2.24) is 19.5 Å². The lowest BCUT2D eigenvalue weighted by molar-refractivity contribution is 0.0196. The Hall–Kier alpha value is -3.26. The number of hydrogen-bond donors (Lipinski definition) is 2. The quantitative estimate of drug-likeness (QED) is 0.434. The minimum atomic E-state index is -0.617. The summed E-state index contributed by atoms with van der Waals surface area (Å²) in [6.45, 7) is 3.72. The molecule has 3 aromatic heterocycles. The molecule has 0 aliphatic heterocycles. The highest BCUT2D eigenvalue weighted by atomic mass is 16.5. The second-order valence-electron chi connectivity index (χ2n) is 8.68. The largest absolute Gasteiger partial charge is 0.487 e. The van der Waals surface area contributed by atoms with E-state index in [4.69, 9.17) is 24.5 Å². The fourth-order valence-corrected chi connectivity index (χ4v) is 3.93. The Morgan fingerprint density at radius 3 is 2.71 bits per heavy atom. The van der Waals surface area contributed by atoms with Crippen molar-refractivity contribution in [3.05, 3.63) is 36.3 Å². The van der Waals surface area contributed by atoms with E-state index in [1.165, 1.54) is 6.20 Å². The van der Waals surface area contributed by atoms with Gasteiger partial charge in [0.25, 0.3) is 0 Å². The van der Waals surface area contributed by atoms with Gasteiger partial charge in [-0.05, 0) is 44.7 Å². The molecule has 0 saturated heterocycles. The van der Waals surface area contributed by atoms with Crippen molar-refractivity contribution in [3.8, 4) is 17.6 Å². The Morgan fingerprint density at radius 2 is 2.00 bits per heavy atom. The van der Waals surface area contributed by atoms with Gasteiger partial charge in [-0.25, -0.2) is 15.0 Å². The van der Waals surface area contributed by atoms with Crippen LogP contribution in [0.1, 0.15) is 38.2 Å². The van der Waals surface area contributed by atoms with Gasteiger partial charge >= 0.3 is 0 Å². The molecule has 0 atom stereocenters. The Morgan fingerprint density at radius 1 is 1.21 bits per heavy atom. The van der Waals surface area contributed by atoms with E-state index in [1.54, 1.807) is 30.1 Å². The van der Waals surface area contributed by atoms with Crippen molar-refractivity contribution < 1.29 is 19.3 Å². The summed E-state index contributed by atoms with van der Waals surface area (Å²) in [5.74, 6) is 1.83. The van der Waals surface area contributed by atoms with Crippen LogP contribution in [0.5, 0.6) is 5.75 Å². The van der Waals surface area contributed by atoms with Crippen LogP contribution in [-0.2, 0) is 9.47 Å². The summed E-state index contributed by atoms with van der Waals surface area (Å²) in [5, 5.41) is 22.9. The fourth-order valence-electron chi connectivity index (χ4n) is 3.93. The van der Waals surface area contributed by atoms with E-state index >= 15 is 0 Å². The van der Waals surface area contributed by atoms with Crippen molar-refractivity contribution in [2.24, 2.45) is 0 Å². The molecule has 0 bridgehead atoms. The highest BCUT2D eigenvalue weighted by Crippen LogP contribution is 2.33. The van der Waals surface area contributed by atoms with Gasteiger partial charge in [-0.3, -0.25) is 4.57 Å². The van der Waals surface area contributed by atoms with Gasteiger partial charge in [0.2, 0.25) is 0 Å². The molecule has 2 N–H and O–H groups in total. The number of nitriles is 1. The molecule has 0 amide bonds. The Labute approximate surface area is 198 Å². The van der Waals surface area contributed by atoms with Gasteiger partial charge < -0.3 is 24.6 Å². The third kappa shape index (κ3) is 5.80. The summed E-state index contributed by atoms with van der Waals surface area (Å²) >= 11 is 0. The predicted molar refractivity (Wildman–Crippen MR) is 126 cm³/mol. The number of methoxy groups -OCH3 is 1. The number of anilines is 1. The van der Waals surface area contributed by atoms with Crippen molar-refractivity contribution in [2.75, 3.05) is 38.9 Å². The molecule has 0 spiro atoms. The van der Waals surface area contributed by atoms with Crippen molar-refractivity contribution in [2.45, 2.75) is 44.2 Å². The molecule has 0 unspecified atom stereocenters. The highest BCUT2D eigenvalue weighted by molar-refractivity contribution is 5.78. The maximum Gasteiger partial charge on any atom is 0.171 e. The van der Waals surface area contributed by atoms with Crippen molar-refractivity contribution >= 4 is 17.0 Å². The minimum absolute atomic E-state index is 0.176. The molecule has 3 heterocycles. The summed E-state index contributed by atoms with van der Waals surface area (Å²) < 4.78 is 18.3. The molecule has 180 valence electrons. The van der Waals surface area contributed by atoms with E-state index in [2.05, 4.69) is 21.4 Å². The summed E-state index contributed by atoms with van der Waals surface area (Å²) in [5.41, 5.74) is 1.17. The molecule has 0 aromatic carbocycles. The second kappa shape index (κ2) is 10.8. The number of ether oxygens (including phenoxy) is 3. The first-order valence-electron chi connectivity index (χ1n) is 11.4. The van der Waals surface area contributed by atoms with Crippen LogP contribution in [0.3, 0.4) is 0 Å². The molecule has 1 fully saturated rings. The van der Waals surface area contributed by atoms with Gasteiger partial charge in [0.05, 0.1) is 31.0 Å². The zero-order valence-electron chi connectivity index (χ0n) is 19.5. The number of rotatable bonds is 10. The van der Waals surface area contributed by atoms with E-state index in [0.29, 0.717) is 60.5 Å². The third-order valence-electron chi connectivity index (χ3n) is 5.93. The van der Waals surface area contributed by atoms with Gasteiger partial charge in [0, 0.05) is 25.4 Å². The van der Waals surface area contributed by atoms with Crippen molar-refractivity contribution in [3.63, 3.8) is 0 Å². The first kappa shape index (κ1) is 23.9. The monoisotopic (exact) mass is 466 g/mol. The van der Waals surface area contributed by atoms with E-state index < -0.39 is 5.60 Å². The smallest absolute Gasteiger partial charge is 0.171 e. The molecule has 1 aliphatic carbocycles. The number of nitrogens with zero attached hydrogens (tertiary/aromatic N) is 5. The van der Waals surface area contributed by atoms with Crippen LogP contribution in [-0.4, -0.2) is 69.8 Å². The Kier molecular flexibility index (Phi) is 7.57. The van der Waals surface area contributed by atoms with Gasteiger partial charge in [-0.1, -0.05) is 0 Å². The zero-order chi connectivity index (χ0) is 24.0. The third-order valence-corrected chi connectivity index (χ3v) is 5.93. The number of hydrogen-bond acceptors (Lipinski definition) is 9. The Bertz CT molecular complexity index is 1130. The summed E-state index contributed by atoms with van der Waals surface area (Å²) in [7, 11) is 1.63. The van der Waals surface area contributed by atoms with Crippen LogP contribution in [0, 0.1) is 11.3 Å². The maximum absolute atomic E-state index is 10.3. The first-order chi connectivity index (χ1) is 16.5. The number of imidazole rings is 1. The first-order valence-corrected chi connectivity index (χ1v) is 11.4.